The molecular formula is C20H33F3N2O3. The number of nitrogens with zero attached hydrogens (tertiary/aromatic N) is 2. The van der Waals surface area contributed by atoms with Gasteiger partial charge in [0.2, 0.25) is 5.91 Å². The van der Waals surface area contributed by atoms with Crippen LogP contribution in [0.15, 0.2) is 0 Å². The molecule has 2 N–H and O–H groups in total. The lowest BCUT2D eigenvalue weighted by Crippen LogP contribution is -2.50. The van der Waals surface area contributed by atoms with E-state index in [1.165, 1.54) is 0 Å². The summed E-state index contributed by atoms with van der Waals surface area (Å²) in [6, 6.07) is 0.00669. The van der Waals surface area contributed by atoms with Gasteiger partial charge in [0.05, 0.1) is 18.6 Å². The first-order valence-corrected chi connectivity index (χ1v) is 10.7. The van der Waals surface area contributed by atoms with E-state index in [4.69, 9.17) is 0 Å². The molecule has 162 valence electrons. The van der Waals surface area contributed by atoms with Gasteiger partial charge in [-0.15, -0.1) is 0 Å². The van der Waals surface area contributed by atoms with Gasteiger partial charge in [-0.25, -0.2) is 0 Å². The molecule has 5 nitrogen and oxygen atoms in total. The molecule has 8 heteroatoms. The zero-order chi connectivity index (χ0) is 20.3. The van der Waals surface area contributed by atoms with E-state index >= 15 is 0 Å². The maximum atomic E-state index is 12.8. The molecule has 28 heavy (non-hydrogen) atoms. The van der Waals surface area contributed by atoms with Crippen LogP contribution in [0.4, 0.5) is 13.2 Å². The second-order valence-corrected chi connectivity index (χ2v) is 8.87. The maximum Gasteiger partial charge on any atom is 0.391 e. The van der Waals surface area contributed by atoms with Crippen molar-refractivity contribution in [2.24, 2.45) is 17.8 Å². The molecule has 1 saturated carbocycles. The molecule has 0 aromatic heterocycles. The summed E-state index contributed by atoms with van der Waals surface area (Å²) in [6.07, 6.45) is -0.526. The lowest BCUT2D eigenvalue weighted by Gasteiger charge is -2.41. The minimum atomic E-state index is -4.14. The van der Waals surface area contributed by atoms with Gasteiger partial charge in [0.15, 0.2) is 0 Å². The van der Waals surface area contributed by atoms with Crippen molar-refractivity contribution >= 4 is 5.91 Å². The van der Waals surface area contributed by atoms with Gasteiger partial charge in [0.1, 0.15) is 0 Å². The minimum absolute atomic E-state index is 0.00669. The SMILES string of the molecule is O=C(C1CCC(C(F)(F)F)CC1)N1CCC(CN2CCC(O)CC2CO)CC1. The van der Waals surface area contributed by atoms with Crippen LogP contribution in [0.1, 0.15) is 51.4 Å². The zero-order valence-electron chi connectivity index (χ0n) is 16.4. The molecule has 2 atom stereocenters. The first-order valence-electron chi connectivity index (χ1n) is 10.7. The van der Waals surface area contributed by atoms with Crippen LogP contribution in [0.2, 0.25) is 0 Å². The Bertz CT molecular complexity index is 515. The van der Waals surface area contributed by atoms with Crippen LogP contribution >= 0.6 is 0 Å². The summed E-state index contributed by atoms with van der Waals surface area (Å²) in [5.74, 6) is -1.01. The van der Waals surface area contributed by atoms with Crippen LogP contribution in [0.3, 0.4) is 0 Å². The van der Waals surface area contributed by atoms with Crippen molar-refractivity contribution in [2.75, 3.05) is 32.8 Å². The van der Waals surface area contributed by atoms with E-state index in [9.17, 15) is 28.2 Å². The Hall–Kier alpha value is -0.860. The van der Waals surface area contributed by atoms with Gasteiger partial charge in [0.25, 0.3) is 0 Å². The number of aliphatic hydroxyl groups is 2. The van der Waals surface area contributed by atoms with Crippen LogP contribution in [0.25, 0.3) is 0 Å². The number of hydrogen-bond donors (Lipinski definition) is 2. The van der Waals surface area contributed by atoms with E-state index in [1.54, 1.807) is 0 Å². The predicted octanol–water partition coefficient (Wildman–Crippen LogP) is 2.41. The van der Waals surface area contributed by atoms with Crippen LogP contribution in [0.5, 0.6) is 0 Å². The third-order valence-corrected chi connectivity index (χ3v) is 6.98. The van der Waals surface area contributed by atoms with Gasteiger partial charge >= 0.3 is 6.18 Å². The molecular weight excluding hydrogens is 373 g/mol. The normalized spacial score (nSPS) is 33.8. The van der Waals surface area contributed by atoms with E-state index in [0.717, 1.165) is 32.4 Å². The summed E-state index contributed by atoms with van der Waals surface area (Å²) < 4.78 is 38.4. The van der Waals surface area contributed by atoms with Crippen molar-refractivity contribution in [3.63, 3.8) is 0 Å². The van der Waals surface area contributed by atoms with Gasteiger partial charge in [-0.2, -0.15) is 13.2 Å². The second kappa shape index (κ2) is 9.30. The average Bonchev–Trinajstić information content (AvgIpc) is 2.69. The molecule has 0 aromatic carbocycles. The van der Waals surface area contributed by atoms with Gasteiger partial charge in [-0.3, -0.25) is 9.69 Å². The summed E-state index contributed by atoms with van der Waals surface area (Å²) >= 11 is 0. The highest BCUT2D eigenvalue weighted by molar-refractivity contribution is 5.79. The van der Waals surface area contributed by atoms with Crippen molar-refractivity contribution < 1.29 is 28.2 Å². The van der Waals surface area contributed by atoms with Gasteiger partial charge in [-0.05, 0) is 57.3 Å². The second-order valence-electron chi connectivity index (χ2n) is 8.87. The molecule has 0 bridgehead atoms. The number of carbonyl (C=O) groups excluding carboxylic acids is 1. The van der Waals surface area contributed by atoms with Crippen molar-refractivity contribution in [1.82, 2.24) is 9.80 Å². The number of alkyl halides is 3. The molecule has 2 saturated heterocycles. The molecule has 2 heterocycles. The fraction of sp³-hybridized carbons (Fsp3) is 0.950. The third kappa shape index (κ3) is 5.39. The minimum Gasteiger partial charge on any atom is -0.395 e. The number of likely N-dealkylation sites (tertiary alicyclic amines) is 2. The Labute approximate surface area is 164 Å². The fourth-order valence-corrected chi connectivity index (χ4v) is 5.10. The van der Waals surface area contributed by atoms with Gasteiger partial charge < -0.3 is 15.1 Å². The quantitative estimate of drug-likeness (QED) is 0.753. The molecule has 0 aromatic rings. The fourth-order valence-electron chi connectivity index (χ4n) is 5.10. The summed E-state index contributed by atoms with van der Waals surface area (Å²) in [5, 5.41) is 19.3. The Morgan fingerprint density at radius 3 is 2.18 bits per heavy atom. The number of hydrogen-bond acceptors (Lipinski definition) is 4. The lowest BCUT2D eigenvalue weighted by molar-refractivity contribution is -0.185. The highest BCUT2D eigenvalue weighted by Crippen LogP contribution is 2.40. The number of rotatable bonds is 4. The summed E-state index contributed by atoms with van der Waals surface area (Å²) in [6.45, 7) is 3.05. The monoisotopic (exact) mass is 406 g/mol. The van der Waals surface area contributed by atoms with Crippen molar-refractivity contribution in [2.45, 2.75) is 69.7 Å². The number of carbonyl (C=O) groups is 1. The average molecular weight is 406 g/mol. The molecule has 1 amide bonds. The Kier molecular flexibility index (Phi) is 7.26. The van der Waals surface area contributed by atoms with Crippen molar-refractivity contribution in [3.05, 3.63) is 0 Å². The summed E-state index contributed by atoms with van der Waals surface area (Å²) in [7, 11) is 0. The van der Waals surface area contributed by atoms with E-state index in [1.807, 2.05) is 4.90 Å². The lowest BCUT2D eigenvalue weighted by atomic mass is 9.80. The van der Waals surface area contributed by atoms with E-state index in [2.05, 4.69) is 4.90 Å². The Morgan fingerprint density at radius 2 is 1.61 bits per heavy atom. The Balaban J connectivity index is 1.42. The third-order valence-electron chi connectivity index (χ3n) is 6.98. The standard InChI is InChI=1S/C20H33F3N2O3/c21-20(22,23)16-3-1-15(2-4-16)19(28)24-8-5-14(6-9-24)12-25-10-7-18(27)11-17(25)13-26/h14-18,26-27H,1-13H2. The molecule has 3 rings (SSSR count). The highest BCUT2D eigenvalue weighted by Gasteiger charge is 2.43. The molecule has 1 aliphatic carbocycles. The molecule has 2 unspecified atom stereocenters. The number of aliphatic hydroxyl groups excluding tert-OH is 2. The van der Waals surface area contributed by atoms with Gasteiger partial charge in [0, 0.05) is 38.1 Å². The predicted molar refractivity (Wildman–Crippen MR) is 98.5 cm³/mol. The topological polar surface area (TPSA) is 64.0 Å². The number of halogens is 3. The summed E-state index contributed by atoms with van der Waals surface area (Å²) in [5.41, 5.74) is 0. The zero-order valence-corrected chi connectivity index (χ0v) is 16.4. The first-order chi connectivity index (χ1) is 13.3. The smallest absolute Gasteiger partial charge is 0.391 e. The summed E-state index contributed by atoms with van der Waals surface area (Å²) in [4.78, 5) is 16.8. The van der Waals surface area contributed by atoms with Crippen molar-refractivity contribution in [1.29, 1.82) is 0 Å². The van der Waals surface area contributed by atoms with Crippen LogP contribution in [0, 0.1) is 17.8 Å². The molecule has 3 aliphatic rings. The van der Waals surface area contributed by atoms with E-state index in [0.29, 0.717) is 38.3 Å². The maximum absolute atomic E-state index is 12.8. The van der Waals surface area contributed by atoms with Crippen LogP contribution in [-0.2, 0) is 4.79 Å². The van der Waals surface area contributed by atoms with E-state index < -0.39 is 12.1 Å². The van der Waals surface area contributed by atoms with Crippen LogP contribution in [-0.4, -0.2) is 77.0 Å². The number of piperidine rings is 2. The van der Waals surface area contributed by atoms with Crippen molar-refractivity contribution in [3.8, 4) is 0 Å². The first kappa shape index (κ1) is 21.8. The molecule has 0 spiro atoms. The number of amides is 1. The van der Waals surface area contributed by atoms with Gasteiger partial charge in [-0.1, -0.05) is 0 Å². The molecule has 2 aliphatic heterocycles. The molecule has 0 radical (unpaired) electrons. The molecule has 3 fully saturated rings. The van der Waals surface area contributed by atoms with E-state index in [-0.39, 0.29) is 43.4 Å². The largest absolute Gasteiger partial charge is 0.395 e. The Morgan fingerprint density at radius 1 is 0.964 bits per heavy atom. The van der Waals surface area contributed by atoms with Crippen LogP contribution < -0.4 is 0 Å². The highest BCUT2D eigenvalue weighted by atomic mass is 19.4.